The molecule has 0 fully saturated rings. The normalized spacial score (nSPS) is 13.4. The van der Waals surface area contributed by atoms with Crippen LogP contribution < -0.4 is 24.4 Å². The third kappa shape index (κ3) is 4.03. The molecule has 0 unspecified atom stereocenters. The molecule has 0 bridgehead atoms. The number of benzene rings is 3. The van der Waals surface area contributed by atoms with E-state index in [2.05, 4.69) is 5.32 Å². The first-order chi connectivity index (χ1) is 16.4. The van der Waals surface area contributed by atoms with Crippen LogP contribution in [0.25, 0.3) is 5.57 Å². The van der Waals surface area contributed by atoms with Gasteiger partial charge in [0.05, 0.1) is 38.3 Å². The summed E-state index contributed by atoms with van der Waals surface area (Å²) >= 11 is 0. The molecule has 0 saturated heterocycles. The summed E-state index contributed by atoms with van der Waals surface area (Å²) in [7, 11) is 4.45. The van der Waals surface area contributed by atoms with Crippen molar-refractivity contribution in [3.05, 3.63) is 83.6 Å². The Kier molecular flexibility index (Phi) is 6.18. The van der Waals surface area contributed by atoms with Gasteiger partial charge in [-0.3, -0.25) is 9.59 Å². The van der Waals surface area contributed by atoms with Crippen molar-refractivity contribution in [3.8, 4) is 17.2 Å². The molecule has 0 saturated carbocycles. The molecule has 1 N–H and O–H groups in total. The van der Waals surface area contributed by atoms with Crippen LogP contribution in [-0.4, -0.2) is 33.1 Å². The molecule has 4 rings (SSSR count). The van der Waals surface area contributed by atoms with Crippen molar-refractivity contribution in [2.45, 2.75) is 0 Å². The highest BCUT2D eigenvalue weighted by Gasteiger charge is 2.41. The number of nitrogens with zero attached hydrogens (tertiary/aromatic N) is 1. The smallest absolute Gasteiger partial charge is 0.282 e. The molecule has 3 aromatic rings. The topological polar surface area (TPSA) is 77.1 Å². The maximum Gasteiger partial charge on any atom is 0.282 e. The molecule has 0 radical (unpaired) electrons. The summed E-state index contributed by atoms with van der Waals surface area (Å²) in [6.07, 6.45) is 0. The Labute approximate surface area is 194 Å². The first kappa shape index (κ1) is 22.8. The maximum atomic E-state index is 14.6. The van der Waals surface area contributed by atoms with E-state index in [1.165, 1.54) is 21.3 Å². The first-order valence-electron chi connectivity index (χ1n) is 10.1. The fourth-order valence-electron chi connectivity index (χ4n) is 3.59. The number of anilines is 2. The van der Waals surface area contributed by atoms with Gasteiger partial charge in [0.2, 0.25) is 0 Å². The Balaban J connectivity index is 1.84. The zero-order valence-corrected chi connectivity index (χ0v) is 18.5. The number of hydrogen-bond donors (Lipinski definition) is 1. The molecule has 1 aliphatic heterocycles. The highest BCUT2D eigenvalue weighted by Crippen LogP contribution is 2.37. The van der Waals surface area contributed by atoms with Gasteiger partial charge in [0.15, 0.2) is 0 Å². The summed E-state index contributed by atoms with van der Waals surface area (Å²) in [5, 5.41) is 2.96. The fourth-order valence-corrected chi connectivity index (χ4v) is 3.59. The zero-order chi connectivity index (χ0) is 24.4. The number of methoxy groups -OCH3 is 3. The lowest BCUT2D eigenvalue weighted by molar-refractivity contribution is -0.120. The minimum Gasteiger partial charge on any atom is -0.497 e. The molecule has 7 nitrogen and oxygen atoms in total. The average molecular weight is 466 g/mol. The van der Waals surface area contributed by atoms with Gasteiger partial charge in [0.25, 0.3) is 11.8 Å². The molecule has 9 heteroatoms. The van der Waals surface area contributed by atoms with Crippen molar-refractivity contribution in [1.82, 2.24) is 0 Å². The fraction of sp³-hybridized carbons (Fsp3) is 0.120. The van der Waals surface area contributed by atoms with Gasteiger partial charge in [-0.2, -0.15) is 0 Å². The number of rotatable bonds is 7. The van der Waals surface area contributed by atoms with E-state index in [-0.39, 0.29) is 17.0 Å². The minimum absolute atomic E-state index is 0.00856. The first-order valence-corrected chi connectivity index (χ1v) is 10.1. The van der Waals surface area contributed by atoms with Crippen LogP contribution in [-0.2, 0) is 9.59 Å². The molecule has 0 aromatic heterocycles. The van der Waals surface area contributed by atoms with Gasteiger partial charge in [0, 0.05) is 12.1 Å². The second kappa shape index (κ2) is 9.22. The quantitative estimate of drug-likeness (QED) is 0.521. The van der Waals surface area contributed by atoms with Crippen molar-refractivity contribution < 1.29 is 32.6 Å². The Morgan fingerprint density at radius 1 is 0.765 bits per heavy atom. The van der Waals surface area contributed by atoms with Crippen LogP contribution in [0.15, 0.2) is 66.4 Å². The summed E-state index contributed by atoms with van der Waals surface area (Å²) in [5.41, 5.74) is 0.337. The van der Waals surface area contributed by atoms with Gasteiger partial charge in [-0.1, -0.05) is 12.1 Å². The number of halogens is 2. The number of imide groups is 1. The summed E-state index contributed by atoms with van der Waals surface area (Å²) in [4.78, 5) is 27.5. The number of nitrogens with one attached hydrogen (secondary N) is 1. The number of carbonyl (C=O) groups is 2. The van der Waals surface area contributed by atoms with Crippen molar-refractivity contribution >= 4 is 28.8 Å². The van der Waals surface area contributed by atoms with Crippen molar-refractivity contribution in [2.75, 3.05) is 31.5 Å². The van der Waals surface area contributed by atoms with Crippen LogP contribution in [0.4, 0.5) is 20.2 Å². The number of ether oxygens (including phenoxy) is 3. The lowest BCUT2D eigenvalue weighted by atomic mass is 10.0. The molecule has 0 spiro atoms. The van der Waals surface area contributed by atoms with E-state index >= 15 is 0 Å². The molecule has 1 heterocycles. The van der Waals surface area contributed by atoms with E-state index < -0.39 is 23.4 Å². The van der Waals surface area contributed by atoms with Crippen LogP contribution in [0.5, 0.6) is 17.2 Å². The third-order valence-corrected chi connectivity index (χ3v) is 5.28. The lowest BCUT2D eigenvalue weighted by Crippen LogP contribution is -2.33. The minimum atomic E-state index is -1.04. The van der Waals surface area contributed by atoms with Crippen LogP contribution in [0.3, 0.4) is 0 Å². The van der Waals surface area contributed by atoms with Crippen LogP contribution >= 0.6 is 0 Å². The van der Waals surface area contributed by atoms with E-state index in [0.29, 0.717) is 39.5 Å². The largest absolute Gasteiger partial charge is 0.497 e. The summed E-state index contributed by atoms with van der Waals surface area (Å²) < 4.78 is 43.8. The van der Waals surface area contributed by atoms with Gasteiger partial charge >= 0.3 is 0 Å². The van der Waals surface area contributed by atoms with Crippen molar-refractivity contribution in [3.63, 3.8) is 0 Å². The van der Waals surface area contributed by atoms with E-state index in [9.17, 15) is 18.4 Å². The monoisotopic (exact) mass is 466 g/mol. The molecule has 3 aromatic carbocycles. The SMILES string of the molecule is COc1ccc(C2=C(Nc3ccc(OC)cc3OC)C(=O)N(c3ccc(F)cc3F)C2=O)cc1. The highest BCUT2D eigenvalue weighted by molar-refractivity contribution is 6.46. The van der Waals surface area contributed by atoms with Crippen molar-refractivity contribution in [2.24, 2.45) is 0 Å². The van der Waals surface area contributed by atoms with Gasteiger partial charge in [-0.05, 0) is 42.0 Å². The molecular formula is C25H20F2N2O5. The molecular weight excluding hydrogens is 446 g/mol. The highest BCUT2D eigenvalue weighted by atomic mass is 19.1. The summed E-state index contributed by atoms with van der Waals surface area (Å²) in [5.74, 6) is -2.02. The Morgan fingerprint density at radius 2 is 1.44 bits per heavy atom. The van der Waals surface area contributed by atoms with Crippen LogP contribution in [0.1, 0.15) is 5.56 Å². The van der Waals surface area contributed by atoms with E-state index in [4.69, 9.17) is 14.2 Å². The van der Waals surface area contributed by atoms with E-state index in [1.54, 1.807) is 42.5 Å². The number of hydrogen-bond acceptors (Lipinski definition) is 6. The van der Waals surface area contributed by atoms with Gasteiger partial charge in [0.1, 0.15) is 34.6 Å². The van der Waals surface area contributed by atoms with Gasteiger partial charge < -0.3 is 19.5 Å². The molecule has 174 valence electrons. The van der Waals surface area contributed by atoms with Gasteiger partial charge in [-0.15, -0.1) is 0 Å². The molecule has 2 amide bonds. The molecule has 1 aliphatic rings. The predicted molar refractivity (Wildman–Crippen MR) is 122 cm³/mol. The predicted octanol–water partition coefficient (Wildman–Crippen LogP) is 4.39. The second-order valence-corrected chi connectivity index (χ2v) is 7.21. The summed E-state index contributed by atoms with van der Waals surface area (Å²) in [6.45, 7) is 0. The number of carbonyl (C=O) groups excluding carboxylic acids is 2. The molecule has 34 heavy (non-hydrogen) atoms. The Hall–Kier alpha value is -4.40. The van der Waals surface area contributed by atoms with E-state index in [1.807, 2.05) is 0 Å². The third-order valence-electron chi connectivity index (χ3n) is 5.28. The van der Waals surface area contributed by atoms with Crippen LogP contribution in [0, 0.1) is 11.6 Å². The standard InChI is InChI=1S/C25H20F2N2O5/c1-32-16-7-4-14(5-8-16)22-23(28-19-10-9-17(33-2)13-21(19)34-3)25(31)29(24(22)30)20-11-6-15(26)12-18(20)27/h4-13,28H,1-3H3. The average Bonchev–Trinajstić information content (AvgIpc) is 3.08. The van der Waals surface area contributed by atoms with Crippen LogP contribution in [0.2, 0.25) is 0 Å². The van der Waals surface area contributed by atoms with Gasteiger partial charge in [-0.25, -0.2) is 13.7 Å². The second-order valence-electron chi connectivity index (χ2n) is 7.21. The maximum absolute atomic E-state index is 14.6. The lowest BCUT2D eigenvalue weighted by Gasteiger charge is -2.17. The Morgan fingerprint density at radius 3 is 2.06 bits per heavy atom. The molecule has 0 atom stereocenters. The molecule has 0 aliphatic carbocycles. The summed E-state index contributed by atoms with van der Waals surface area (Å²) in [6, 6.07) is 14.0. The zero-order valence-electron chi connectivity index (χ0n) is 18.5. The van der Waals surface area contributed by atoms with Crippen molar-refractivity contribution in [1.29, 1.82) is 0 Å². The van der Waals surface area contributed by atoms with E-state index in [0.717, 1.165) is 12.1 Å². The number of amides is 2. The Bertz CT molecular complexity index is 1310.